The van der Waals surface area contributed by atoms with Crippen LogP contribution in [-0.4, -0.2) is 23.7 Å². The molecule has 0 aliphatic carbocycles. The van der Waals surface area contributed by atoms with Crippen molar-refractivity contribution in [1.82, 2.24) is 5.32 Å². The Bertz CT molecular complexity index is 438. The van der Waals surface area contributed by atoms with Gasteiger partial charge in [0.1, 0.15) is 0 Å². The van der Waals surface area contributed by atoms with Gasteiger partial charge in [-0.25, -0.2) is 0 Å². The Kier molecular flexibility index (Phi) is 6.17. The third-order valence-corrected chi connectivity index (χ3v) is 3.07. The number of aliphatic hydroxyl groups is 1. The van der Waals surface area contributed by atoms with Gasteiger partial charge in [-0.05, 0) is 23.0 Å². The molecule has 4 N–H and O–H groups in total. The van der Waals surface area contributed by atoms with Crippen LogP contribution in [-0.2, 0) is 17.8 Å². The molecule has 0 aliphatic rings. The van der Waals surface area contributed by atoms with E-state index >= 15 is 0 Å². The largest absolute Gasteiger partial charge is 0.391 e. The number of nitrogens with two attached hydrogens (primary N) is 1. The summed E-state index contributed by atoms with van der Waals surface area (Å²) in [5.74, 6) is -0.0844. The van der Waals surface area contributed by atoms with Crippen molar-refractivity contribution in [3.05, 3.63) is 35.4 Å². The Hall–Kier alpha value is -1.39. The van der Waals surface area contributed by atoms with Crippen molar-refractivity contribution in [1.29, 1.82) is 0 Å². The van der Waals surface area contributed by atoms with Crippen molar-refractivity contribution < 1.29 is 9.90 Å². The number of nitrogens with one attached hydrogen (secondary N) is 1. The highest BCUT2D eigenvalue weighted by Gasteiger charge is 2.17. The molecule has 1 unspecified atom stereocenters. The molecule has 1 amide bonds. The van der Waals surface area contributed by atoms with Crippen molar-refractivity contribution in [3.63, 3.8) is 0 Å². The molecule has 0 fully saturated rings. The van der Waals surface area contributed by atoms with E-state index in [1.54, 1.807) is 0 Å². The van der Waals surface area contributed by atoms with Gasteiger partial charge in [-0.3, -0.25) is 4.79 Å². The Morgan fingerprint density at radius 3 is 2.45 bits per heavy atom. The summed E-state index contributed by atoms with van der Waals surface area (Å²) in [5.41, 5.74) is 7.62. The van der Waals surface area contributed by atoms with E-state index in [0.717, 1.165) is 11.1 Å². The van der Waals surface area contributed by atoms with E-state index in [2.05, 4.69) is 26.1 Å². The third kappa shape index (κ3) is 6.17. The van der Waals surface area contributed by atoms with E-state index in [9.17, 15) is 9.90 Å². The number of benzene rings is 1. The van der Waals surface area contributed by atoms with Crippen molar-refractivity contribution >= 4 is 5.91 Å². The zero-order valence-corrected chi connectivity index (χ0v) is 12.6. The number of aliphatic hydroxyl groups excluding tert-OH is 1. The smallest absolute Gasteiger partial charge is 0.224 e. The first-order valence-corrected chi connectivity index (χ1v) is 7.03. The Labute approximate surface area is 121 Å². The lowest BCUT2D eigenvalue weighted by Gasteiger charge is -2.22. The highest BCUT2D eigenvalue weighted by molar-refractivity contribution is 5.78. The van der Waals surface area contributed by atoms with Crippen LogP contribution < -0.4 is 11.1 Å². The fourth-order valence-corrected chi connectivity index (χ4v) is 2.18. The molecule has 1 aromatic rings. The third-order valence-electron chi connectivity index (χ3n) is 3.07. The van der Waals surface area contributed by atoms with Crippen molar-refractivity contribution in [3.8, 4) is 0 Å². The van der Waals surface area contributed by atoms with Crippen LogP contribution >= 0.6 is 0 Å². The summed E-state index contributed by atoms with van der Waals surface area (Å²) >= 11 is 0. The number of rotatable bonds is 6. The van der Waals surface area contributed by atoms with E-state index in [0.29, 0.717) is 25.9 Å². The quantitative estimate of drug-likeness (QED) is 0.740. The molecule has 0 aromatic heterocycles. The summed E-state index contributed by atoms with van der Waals surface area (Å²) in [6.07, 6.45) is 0.450. The highest BCUT2D eigenvalue weighted by atomic mass is 16.3. The van der Waals surface area contributed by atoms with Crippen LogP contribution in [0.5, 0.6) is 0 Å². The van der Waals surface area contributed by atoms with Crippen LogP contribution in [0.25, 0.3) is 0 Å². The molecule has 0 aliphatic heterocycles. The van der Waals surface area contributed by atoms with Crippen LogP contribution in [0.3, 0.4) is 0 Å². The summed E-state index contributed by atoms with van der Waals surface area (Å²) in [6, 6.07) is 7.65. The van der Waals surface area contributed by atoms with Crippen LogP contribution in [0.1, 0.15) is 38.3 Å². The lowest BCUT2D eigenvalue weighted by Crippen LogP contribution is -2.35. The summed E-state index contributed by atoms with van der Waals surface area (Å²) in [6.45, 7) is 6.91. The van der Waals surface area contributed by atoms with E-state index in [1.165, 1.54) is 0 Å². The number of hydrogen-bond donors (Lipinski definition) is 3. The van der Waals surface area contributed by atoms with E-state index in [4.69, 9.17) is 5.73 Å². The first-order valence-electron chi connectivity index (χ1n) is 7.03. The molecule has 1 aromatic carbocycles. The molecular formula is C16H26N2O2. The molecule has 1 rings (SSSR count). The number of hydrogen-bond acceptors (Lipinski definition) is 3. The minimum absolute atomic E-state index is 0.0519. The molecule has 0 saturated heterocycles. The minimum atomic E-state index is -0.510. The minimum Gasteiger partial charge on any atom is -0.391 e. The molecule has 0 radical (unpaired) electrons. The number of amides is 1. The maximum atomic E-state index is 11.9. The Morgan fingerprint density at radius 1 is 1.30 bits per heavy atom. The summed E-state index contributed by atoms with van der Waals surface area (Å²) in [4.78, 5) is 11.9. The standard InChI is InChI=1S/C16H26N2O2/c1-16(2,3)9-14(19)11-18-15(20)8-12-6-4-5-7-13(12)10-17/h4-7,14,19H,8-11,17H2,1-3H3,(H,18,20). The lowest BCUT2D eigenvalue weighted by atomic mass is 9.89. The van der Waals surface area contributed by atoms with Gasteiger partial charge in [-0.15, -0.1) is 0 Å². The predicted octanol–water partition coefficient (Wildman–Crippen LogP) is 1.60. The van der Waals surface area contributed by atoms with Gasteiger partial charge in [-0.2, -0.15) is 0 Å². The first kappa shape index (κ1) is 16.7. The number of carbonyl (C=O) groups excluding carboxylic acids is 1. The molecule has 1 atom stereocenters. The second kappa shape index (κ2) is 7.41. The van der Waals surface area contributed by atoms with Gasteiger partial charge in [0.25, 0.3) is 0 Å². The maximum absolute atomic E-state index is 11.9. The fourth-order valence-electron chi connectivity index (χ4n) is 2.18. The monoisotopic (exact) mass is 278 g/mol. The van der Waals surface area contributed by atoms with E-state index < -0.39 is 6.10 Å². The molecule has 0 bridgehead atoms. The molecule has 4 nitrogen and oxygen atoms in total. The fraction of sp³-hybridized carbons (Fsp3) is 0.562. The van der Waals surface area contributed by atoms with Gasteiger partial charge in [0.2, 0.25) is 5.91 Å². The van der Waals surface area contributed by atoms with Crippen molar-refractivity contribution in [2.45, 2.75) is 46.3 Å². The average molecular weight is 278 g/mol. The van der Waals surface area contributed by atoms with Crippen molar-refractivity contribution in [2.75, 3.05) is 6.54 Å². The van der Waals surface area contributed by atoms with Gasteiger partial charge >= 0.3 is 0 Å². The van der Waals surface area contributed by atoms with Crippen molar-refractivity contribution in [2.24, 2.45) is 11.1 Å². The summed E-state index contributed by atoms with van der Waals surface area (Å²) in [7, 11) is 0. The lowest BCUT2D eigenvalue weighted by molar-refractivity contribution is -0.121. The van der Waals surface area contributed by atoms with Crippen LogP contribution in [0, 0.1) is 5.41 Å². The topological polar surface area (TPSA) is 75.3 Å². The Morgan fingerprint density at radius 2 is 1.90 bits per heavy atom. The van der Waals surface area contributed by atoms with E-state index in [1.807, 2.05) is 24.3 Å². The normalized spacial score (nSPS) is 13.1. The van der Waals surface area contributed by atoms with E-state index in [-0.39, 0.29) is 11.3 Å². The van der Waals surface area contributed by atoms with Crippen LogP contribution in [0.2, 0.25) is 0 Å². The second-order valence-corrected chi connectivity index (χ2v) is 6.37. The van der Waals surface area contributed by atoms with Gasteiger partial charge < -0.3 is 16.2 Å². The van der Waals surface area contributed by atoms with Gasteiger partial charge in [0.15, 0.2) is 0 Å². The van der Waals surface area contributed by atoms with Crippen LogP contribution in [0.15, 0.2) is 24.3 Å². The van der Waals surface area contributed by atoms with Gasteiger partial charge in [-0.1, -0.05) is 45.0 Å². The molecule has 112 valence electrons. The van der Waals surface area contributed by atoms with Crippen LogP contribution in [0.4, 0.5) is 0 Å². The average Bonchev–Trinajstić information content (AvgIpc) is 2.35. The number of carbonyl (C=O) groups is 1. The highest BCUT2D eigenvalue weighted by Crippen LogP contribution is 2.20. The zero-order valence-electron chi connectivity index (χ0n) is 12.6. The first-order chi connectivity index (χ1) is 9.31. The molecular weight excluding hydrogens is 252 g/mol. The molecule has 0 spiro atoms. The Balaban J connectivity index is 2.44. The van der Waals surface area contributed by atoms with Gasteiger partial charge in [0, 0.05) is 13.1 Å². The summed E-state index contributed by atoms with van der Waals surface area (Å²) < 4.78 is 0. The maximum Gasteiger partial charge on any atom is 0.224 e. The molecule has 4 heteroatoms. The SMILES string of the molecule is CC(C)(C)CC(O)CNC(=O)Cc1ccccc1CN. The second-order valence-electron chi connectivity index (χ2n) is 6.37. The molecule has 20 heavy (non-hydrogen) atoms. The predicted molar refractivity (Wildman–Crippen MR) is 81.1 cm³/mol. The summed E-state index contributed by atoms with van der Waals surface area (Å²) in [5, 5.41) is 12.6. The molecule has 0 saturated carbocycles. The van der Waals surface area contributed by atoms with Gasteiger partial charge in [0.05, 0.1) is 12.5 Å². The zero-order chi connectivity index (χ0) is 15.2. The molecule has 0 heterocycles.